The molecule has 3 heterocycles. The second-order valence-electron chi connectivity index (χ2n) is 6.81. The van der Waals surface area contributed by atoms with Gasteiger partial charge in [0.15, 0.2) is 5.54 Å². The van der Waals surface area contributed by atoms with E-state index in [2.05, 4.69) is 19.4 Å². The maximum atomic E-state index is 13.2. The quantitative estimate of drug-likeness (QED) is 0.639. The van der Waals surface area contributed by atoms with Gasteiger partial charge in [-0.1, -0.05) is 24.3 Å². The first kappa shape index (κ1) is 17.6. The van der Waals surface area contributed by atoms with E-state index in [4.69, 9.17) is 4.74 Å². The Labute approximate surface area is 169 Å². The number of aromatic nitrogens is 2. The summed E-state index contributed by atoms with van der Waals surface area (Å²) in [5.74, 6) is -0.394. The van der Waals surface area contributed by atoms with Crippen LogP contribution in [0.3, 0.4) is 0 Å². The number of fused-ring (bicyclic) bond motifs is 3. The summed E-state index contributed by atoms with van der Waals surface area (Å²) in [6.07, 6.45) is 0.302. The lowest BCUT2D eigenvalue weighted by atomic mass is 9.84. The molecule has 1 saturated heterocycles. The first-order valence-electron chi connectivity index (χ1n) is 8.96. The number of anilines is 1. The number of nitrogens with zero attached hydrogens (tertiary/aromatic N) is 3. The van der Waals surface area contributed by atoms with Crippen molar-refractivity contribution in [3.63, 3.8) is 0 Å². The van der Waals surface area contributed by atoms with Gasteiger partial charge in [0, 0.05) is 12.0 Å². The second kappa shape index (κ2) is 6.52. The summed E-state index contributed by atoms with van der Waals surface area (Å²) in [7, 11) is 0. The average molecular weight is 409 g/mol. The number of hydrogen-bond acceptors (Lipinski definition) is 7. The molecule has 0 radical (unpaired) electrons. The normalized spacial score (nSPS) is 20.5. The molecule has 1 atom stereocenters. The summed E-state index contributed by atoms with van der Waals surface area (Å²) < 4.78 is 13.9. The van der Waals surface area contributed by atoms with Gasteiger partial charge in [-0.05, 0) is 18.2 Å². The van der Waals surface area contributed by atoms with Crippen LogP contribution in [-0.4, -0.2) is 44.6 Å². The third-order valence-corrected chi connectivity index (χ3v) is 5.66. The number of carbonyl (C=O) groups excluding carboxylic acids is 3. The number of carbonyl (C=O) groups is 3. The molecule has 0 unspecified atom stereocenters. The third-order valence-electron chi connectivity index (χ3n) is 5.12. The highest BCUT2D eigenvalue weighted by Crippen LogP contribution is 2.40. The summed E-state index contributed by atoms with van der Waals surface area (Å²) in [6.45, 7) is -0.106. The average Bonchev–Trinajstić information content (AvgIpc) is 3.29. The van der Waals surface area contributed by atoms with Crippen molar-refractivity contribution >= 4 is 46.3 Å². The second-order valence-corrected chi connectivity index (χ2v) is 7.34. The number of rotatable bonds is 3. The molecule has 1 spiro atoms. The van der Waals surface area contributed by atoms with Crippen molar-refractivity contribution in [1.82, 2.24) is 19.0 Å². The number of nitrogens with one attached hydrogen (secondary N) is 2. The number of imide groups is 1. The van der Waals surface area contributed by atoms with E-state index < -0.39 is 29.9 Å². The lowest BCUT2D eigenvalue weighted by Gasteiger charge is -2.33. The van der Waals surface area contributed by atoms with Crippen molar-refractivity contribution in [2.75, 3.05) is 18.5 Å². The van der Waals surface area contributed by atoms with Crippen LogP contribution in [0.15, 0.2) is 42.5 Å². The zero-order chi connectivity index (χ0) is 20.0. The highest BCUT2D eigenvalue weighted by molar-refractivity contribution is 7.00. The van der Waals surface area contributed by atoms with E-state index in [1.165, 1.54) is 0 Å². The van der Waals surface area contributed by atoms with Gasteiger partial charge in [0.25, 0.3) is 5.91 Å². The lowest BCUT2D eigenvalue weighted by Crippen LogP contribution is -2.48. The van der Waals surface area contributed by atoms with Crippen LogP contribution in [0.5, 0.6) is 5.75 Å². The smallest absolute Gasteiger partial charge is 0.325 e. The molecular weight excluding hydrogens is 394 g/mol. The van der Waals surface area contributed by atoms with E-state index in [9.17, 15) is 14.4 Å². The molecule has 3 aromatic rings. The van der Waals surface area contributed by atoms with Crippen LogP contribution in [-0.2, 0) is 15.1 Å². The first-order valence-corrected chi connectivity index (χ1v) is 9.69. The number of ether oxygens (including phenoxy) is 1. The van der Waals surface area contributed by atoms with Crippen LogP contribution >= 0.6 is 11.7 Å². The molecule has 0 bridgehead atoms. The summed E-state index contributed by atoms with van der Waals surface area (Å²) in [5.41, 5.74) is 1.12. The molecule has 2 aliphatic rings. The highest BCUT2D eigenvalue weighted by Gasteiger charge is 2.55. The summed E-state index contributed by atoms with van der Waals surface area (Å²) in [5, 5.41) is 5.49. The van der Waals surface area contributed by atoms with Crippen LogP contribution in [0.25, 0.3) is 11.0 Å². The van der Waals surface area contributed by atoms with Crippen molar-refractivity contribution in [3.05, 3.63) is 48.0 Å². The van der Waals surface area contributed by atoms with E-state index in [0.717, 1.165) is 16.6 Å². The number of amides is 4. The van der Waals surface area contributed by atoms with E-state index in [-0.39, 0.29) is 0 Å². The van der Waals surface area contributed by atoms with Gasteiger partial charge < -0.3 is 15.4 Å². The summed E-state index contributed by atoms with van der Waals surface area (Å²) in [4.78, 5) is 39.3. The molecule has 1 aromatic heterocycles. The molecule has 2 aromatic carbocycles. The molecule has 1 fully saturated rings. The highest BCUT2D eigenvalue weighted by atomic mass is 32.1. The SMILES string of the molecule is O=C(CN1C(=O)N[C@@]2(CCOc3ccccc32)C1=O)Nc1cccc2nsnc12. The Balaban J connectivity index is 1.39. The minimum absolute atomic E-state index is 0.294. The standard InChI is InChI=1S/C19H15N5O4S/c25-15(20-12-5-3-6-13-16(12)23-29-22-13)10-24-17(26)19(21-18(24)27)8-9-28-14-7-2-1-4-11(14)19/h1-7H,8-10H2,(H,20,25)(H,21,27)/t19-/m1/s1. The van der Waals surface area contributed by atoms with E-state index >= 15 is 0 Å². The van der Waals surface area contributed by atoms with Gasteiger partial charge in [0.1, 0.15) is 23.3 Å². The number of para-hydroxylation sites is 1. The van der Waals surface area contributed by atoms with Gasteiger partial charge in [-0.3, -0.25) is 14.5 Å². The van der Waals surface area contributed by atoms with E-state index in [0.29, 0.717) is 41.1 Å². The van der Waals surface area contributed by atoms with Crippen LogP contribution < -0.4 is 15.4 Å². The number of urea groups is 1. The Hall–Kier alpha value is -3.53. The van der Waals surface area contributed by atoms with Crippen molar-refractivity contribution in [3.8, 4) is 5.75 Å². The van der Waals surface area contributed by atoms with Crippen LogP contribution in [0.2, 0.25) is 0 Å². The van der Waals surface area contributed by atoms with Gasteiger partial charge in [0.05, 0.1) is 24.0 Å². The largest absolute Gasteiger partial charge is 0.493 e. The molecule has 10 heteroatoms. The van der Waals surface area contributed by atoms with E-state index in [1.807, 2.05) is 0 Å². The Morgan fingerprint density at radius 2 is 2.07 bits per heavy atom. The van der Waals surface area contributed by atoms with E-state index in [1.54, 1.807) is 42.5 Å². The monoisotopic (exact) mass is 409 g/mol. The Kier molecular flexibility index (Phi) is 3.95. The maximum Gasteiger partial charge on any atom is 0.325 e. The molecular formula is C19H15N5O4S. The molecule has 0 saturated carbocycles. The predicted molar refractivity (Wildman–Crippen MR) is 105 cm³/mol. The van der Waals surface area contributed by atoms with Gasteiger partial charge in [-0.25, -0.2) is 4.79 Å². The fraction of sp³-hybridized carbons (Fsp3) is 0.211. The van der Waals surface area contributed by atoms with Gasteiger partial charge in [-0.15, -0.1) is 0 Å². The molecule has 5 rings (SSSR count). The first-order chi connectivity index (χ1) is 14.1. The van der Waals surface area contributed by atoms with Crippen LogP contribution in [0, 0.1) is 0 Å². The van der Waals surface area contributed by atoms with Gasteiger partial charge >= 0.3 is 6.03 Å². The topological polar surface area (TPSA) is 114 Å². The zero-order valence-corrected chi connectivity index (χ0v) is 15.9. The molecule has 2 aliphatic heterocycles. The predicted octanol–water partition coefficient (Wildman–Crippen LogP) is 1.86. The molecule has 4 amide bonds. The molecule has 9 nitrogen and oxygen atoms in total. The minimum Gasteiger partial charge on any atom is -0.493 e. The van der Waals surface area contributed by atoms with Crippen molar-refractivity contribution < 1.29 is 19.1 Å². The molecule has 146 valence electrons. The Morgan fingerprint density at radius 1 is 1.21 bits per heavy atom. The fourth-order valence-corrected chi connectivity index (χ4v) is 4.31. The fourth-order valence-electron chi connectivity index (χ4n) is 3.76. The number of benzene rings is 2. The molecule has 2 N–H and O–H groups in total. The molecule has 0 aliphatic carbocycles. The maximum absolute atomic E-state index is 13.2. The number of hydrogen-bond donors (Lipinski definition) is 2. The Bertz CT molecular complexity index is 1160. The zero-order valence-electron chi connectivity index (χ0n) is 15.0. The molecule has 29 heavy (non-hydrogen) atoms. The minimum atomic E-state index is -1.20. The van der Waals surface area contributed by atoms with Crippen LogP contribution in [0.4, 0.5) is 10.5 Å². The van der Waals surface area contributed by atoms with Gasteiger partial charge in [0.2, 0.25) is 5.91 Å². The van der Waals surface area contributed by atoms with Crippen molar-refractivity contribution in [1.29, 1.82) is 0 Å². The third kappa shape index (κ3) is 2.71. The van der Waals surface area contributed by atoms with Crippen molar-refractivity contribution in [2.45, 2.75) is 12.0 Å². The van der Waals surface area contributed by atoms with Gasteiger partial charge in [-0.2, -0.15) is 8.75 Å². The Morgan fingerprint density at radius 3 is 2.97 bits per heavy atom. The lowest BCUT2D eigenvalue weighted by molar-refractivity contribution is -0.135. The van der Waals surface area contributed by atoms with Crippen molar-refractivity contribution in [2.24, 2.45) is 0 Å². The summed E-state index contributed by atoms with van der Waals surface area (Å²) in [6, 6.07) is 11.7. The summed E-state index contributed by atoms with van der Waals surface area (Å²) >= 11 is 1.04. The van der Waals surface area contributed by atoms with Crippen LogP contribution in [0.1, 0.15) is 12.0 Å².